The van der Waals surface area contributed by atoms with Crippen molar-refractivity contribution in [3.63, 3.8) is 0 Å². The molecule has 0 saturated carbocycles. The molecule has 2 rings (SSSR count). The highest BCUT2D eigenvalue weighted by atomic mass is 127. The molecule has 1 unspecified atom stereocenters. The van der Waals surface area contributed by atoms with E-state index in [9.17, 15) is 4.79 Å². The van der Waals surface area contributed by atoms with Gasteiger partial charge in [0, 0.05) is 48.6 Å². The summed E-state index contributed by atoms with van der Waals surface area (Å²) in [5, 5.41) is 7.35. The Morgan fingerprint density at radius 3 is 2.88 bits per heavy atom. The van der Waals surface area contributed by atoms with Crippen molar-refractivity contribution in [1.29, 1.82) is 0 Å². The predicted octanol–water partition coefficient (Wildman–Crippen LogP) is 3.40. The fraction of sp³-hybridized carbons (Fsp3) is 0.500. The standard InChI is InChI=1S/C16H22BrClN4O.HI/c1-3-15(23)22-7-6-13(10-22)21-16(19-2)20-9-11-4-5-12(17)8-14(11)18;/h4-5,8,13H,3,6-7,9-10H2,1-2H3,(H2,19,20,21);1H. The Labute approximate surface area is 173 Å². The van der Waals surface area contributed by atoms with Crippen molar-refractivity contribution >= 4 is 63.4 Å². The lowest BCUT2D eigenvalue weighted by atomic mass is 10.2. The summed E-state index contributed by atoms with van der Waals surface area (Å²) >= 11 is 9.62. The van der Waals surface area contributed by atoms with Crippen LogP contribution in [-0.4, -0.2) is 42.9 Å². The topological polar surface area (TPSA) is 56.7 Å². The number of likely N-dealkylation sites (tertiary alicyclic amines) is 1. The number of aliphatic imine (C=N–C) groups is 1. The van der Waals surface area contributed by atoms with Crippen LogP contribution >= 0.6 is 51.5 Å². The van der Waals surface area contributed by atoms with E-state index < -0.39 is 0 Å². The molecule has 24 heavy (non-hydrogen) atoms. The van der Waals surface area contributed by atoms with Crippen LogP contribution in [0.3, 0.4) is 0 Å². The summed E-state index contributed by atoms with van der Waals surface area (Å²) < 4.78 is 0.959. The van der Waals surface area contributed by atoms with Gasteiger partial charge in [-0.2, -0.15) is 0 Å². The molecule has 0 aromatic heterocycles. The molecule has 2 N–H and O–H groups in total. The zero-order chi connectivity index (χ0) is 16.8. The van der Waals surface area contributed by atoms with Gasteiger partial charge in [-0.15, -0.1) is 24.0 Å². The van der Waals surface area contributed by atoms with Gasteiger partial charge in [0.2, 0.25) is 5.91 Å². The number of nitrogens with one attached hydrogen (secondary N) is 2. The third-order valence-corrected chi connectivity index (χ3v) is 4.71. The Kier molecular flexibility index (Phi) is 9.36. The first-order valence-corrected chi connectivity index (χ1v) is 8.89. The van der Waals surface area contributed by atoms with Crippen molar-refractivity contribution in [2.45, 2.75) is 32.4 Å². The molecule has 134 valence electrons. The van der Waals surface area contributed by atoms with Crippen molar-refractivity contribution in [3.05, 3.63) is 33.3 Å². The SMILES string of the molecule is CCC(=O)N1CCC(NC(=NC)NCc2ccc(Br)cc2Cl)C1.I. The first kappa shape index (κ1) is 21.5. The molecule has 0 spiro atoms. The Morgan fingerprint density at radius 1 is 1.50 bits per heavy atom. The van der Waals surface area contributed by atoms with E-state index >= 15 is 0 Å². The number of carbonyl (C=O) groups excluding carboxylic acids is 1. The highest BCUT2D eigenvalue weighted by Gasteiger charge is 2.25. The smallest absolute Gasteiger partial charge is 0.222 e. The quantitative estimate of drug-likeness (QED) is 0.357. The fourth-order valence-corrected chi connectivity index (χ4v) is 3.30. The molecule has 1 aromatic carbocycles. The lowest BCUT2D eigenvalue weighted by Crippen LogP contribution is -2.44. The molecule has 8 heteroatoms. The van der Waals surface area contributed by atoms with E-state index in [1.165, 1.54) is 0 Å². The van der Waals surface area contributed by atoms with Crippen LogP contribution < -0.4 is 10.6 Å². The van der Waals surface area contributed by atoms with Gasteiger partial charge in [-0.1, -0.05) is 40.5 Å². The minimum Gasteiger partial charge on any atom is -0.352 e. The van der Waals surface area contributed by atoms with E-state index in [1.807, 2.05) is 30.0 Å². The maximum atomic E-state index is 11.7. The first-order chi connectivity index (χ1) is 11.0. The Morgan fingerprint density at radius 2 is 2.25 bits per heavy atom. The van der Waals surface area contributed by atoms with Crippen LogP contribution in [-0.2, 0) is 11.3 Å². The number of rotatable bonds is 4. The summed E-state index contributed by atoms with van der Waals surface area (Å²) in [5.74, 6) is 0.929. The molecule has 1 aromatic rings. The third-order valence-electron chi connectivity index (χ3n) is 3.87. The van der Waals surface area contributed by atoms with E-state index in [0.717, 1.165) is 35.5 Å². The molecule has 1 amide bonds. The number of benzene rings is 1. The number of halogens is 3. The van der Waals surface area contributed by atoms with Gasteiger partial charge < -0.3 is 15.5 Å². The molecule has 1 heterocycles. The fourth-order valence-electron chi connectivity index (χ4n) is 2.56. The minimum absolute atomic E-state index is 0. The number of carbonyl (C=O) groups is 1. The Balaban J connectivity index is 0.00000288. The lowest BCUT2D eigenvalue weighted by Gasteiger charge is -2.19. The van der Waals surface area contributed by atoms with Gasteiger partial charge in [0.1, 0.15) is 0 Å². The Hall–Kier alpha value is -0.540. The van der Waals surface area contributed by atoms with Gasteiger partial charge in [-0.3, -0.25) is 9.79 Å². The van der Waals surface area contributed by atoms with Gasteiger partial charge in [0.15, 0.2) is 5.96 Å². The van der Waals surface area contributed by atoms with Gasteiger partial charge in [0.25, 0.3) is 0 Å². The Bertz CT molecular complexity index is 599. The second kappa shape index (κ2) is 10.5. The summed E-state index contributed by atoms with van der Waals surface area (Å²) in [6.45, 7) is 4.02. The highest BCUT2D eigenvalue weighted by Crippen LogP contribution is 2.21. The molecule has 0 aliphatic carbocycles. The molecule has 1 saturated heterocycles. The van der Waals surface area contributed by atoms with Crippen LogP contribution in [0.15, 0.2) is 27.7 Å². The summed E-state index contributed by atoms with van der Waals surface area (Å²) in [7, 11) is 1.74. The van der Waals surface area contributed by atoms with E-state index in [2.05, 4.69) is 31.6 Å². The van der Waals surface area contributed by atoms with Crippen molar-refractivity contribution < 1.29 is 4.79 Å². The average molecular weight is 530 g/mol. The summed E-state index contributed by atoms with van der Waals surface area (Å²) in [6, 6.07) is 6.05. The van der Waals surface area contributed by atoms with Crippen molar-refractivity contribution in [2.75, 3.05) is 20.1 Å². The van der Waals surface area contributed by atoms with Crippen LogP contribution in [0.4, 0.5) is 0 Å². The van der Waals surface area contributed by atoms with Gasteiger partial charge >= 0.3 is 0 Å². The molecule has 1 fully saturated rings. The van der Waals surface area contributed by atoms with E-state index in [0.29, 0.717) is 18.0 Å². The van der Waals surface area contributed by atoms with Crippen LogP contribution in [0.2, 0.25) is 5.02 Å². The number of hydrogen-bond acceptors (Lipinski definition) is 2. The average Bonchev–Trinajstić information content (AvgIpc) is 3.00. The third kappa shape index (κ3) is 6.07. The van der Waals surface area contributed by atoms with Crippen LogP contribution in [0, 0.1) is 0 Å². The van der Waals surface area contributed by atoms with E-state index in [1.54, 1.807) is 7.05 Å². The van der Waals surface area contributed by atoms with Crippen LogP contribution in [0.1, 0.15) is 25.3 Å². The lowest BCUT2D eigenvalue weighted by molar-refractivity contribution is -0.129. The number of guanidine groups is 1. The first-order valence-electron chi connectivity index (χ1n) is 7.72. The maximum absolute atomic E-state index is 11.7. The molecular weight excluding hydrogens is 506 g/mol. The maximum Gasteiger partial charge on any atom is 0.222 e. The zero-order valence-electron chi connectivity index (χ0n) is 13.8. The number of amides is 1. The number of nitrogens with zero attached hydrogens (tertiary/aromatic N) is 2. The monoisotopic (exact) mass is 528 g/mol. The molecule has 1 aliphatic heterocycles. The molecule has 1 aliphatic rings. The molecule has 0 bridgehead atoms. The summed E-state index contributed by atoms with van der Waals surface area (Å²) in [4.78, 5) is 17.9. The second-order valence-electron chi connectivity index (χ2n) is 5.48. The van der Waals surface area contributed by atoms with Crippen LogP contribution in [0.5, 0.6) is 0 Å². The van der Waals surface area contributed by atoms with Gasteiger partial charge in [0.05, 0.1) is 0 Å². The van der Waals surface area contributed by atoms with Crippen molar-refractivity contribution in [1.82, 2.24) is 15.5 Å². The second-order valence-corrected chi connectivity index (χ2v) is 6.81. The van der Waals surface area contributed by atoms with E-state index in [-0.39, 0.29) is 35.9 Å². The van der Waals surface area contributed by atoms with Gasteiger partial charge in [-0.25, -0.2) is 0 Å². The zero-order valence-corrected chi connectivity index (χ0v) is 18.5. The number of hydrogen-bond donors (Lipinski definition) is 2. The normalized spacial score (nSPS) is 17.4. The summed E-state index contributed by atoms with van der Waals surface area (Å²) in [6.07, 6.45) is 1.49. The van der Waals surface area contributed by atoms with E-state index in [4.69, 9.17) is 11.6 Å². The molecular formula is C16H23BrClIN4O. The predicted molar refractivity (Wildman–Crippen MR) is 113 cm³/mol. The van der Waals surface area contributed by atoms with Crippen molar-refractivity contribution in [3.8, 4) is 0 Å². The van der Waals surface area contributed by atoms with Crippen molar-refractivity contribution in [2.24, 2.45) is 4.99 Å². The molecule has 1 atom stereocenters. The van der Waals surface area contributed by atoms with Gasteiger partial charge in [-0.05, 0) is 24.1 Å². The highest BCUT2D eigenvalue weighted by molar-refractivity contribution is 14.0. The molecule has 0 radical (unpaired) electrons. The minimum atomic E-state index is 0. The molecule has 5 nitrogen and oxygen atoms in total. The largest absolute Gasteiger partial charge is 0.352 e. The van der Waals surface area contributed by atoms with Crippen LogP contribution in [0.25, 0.3) is 0 Å². The summed E-state index contributed by atoms with van der Waals surface area (Å²) in [5.41, 5.74) is 1.01.